The zero-order chi connectivity index (χ0) is 30.1. The Kier molecular flexibility index (Phi) is 8.63. The van der Waals surface area contributed by atoms with Crippen molar-refractivity contribution >= 4 is 28.6 Å². The van der Waals surface area contributed by atoms with E-state index in [9.17, 15) is 4.79 Å². The molecule has 0 amide bonds. The van der Waals surface area contributed by atoms with Crippen LogP contribution in [0.2, 0.25) is 0 Å². The molecule has 2 aromatic carbocycles. The van der Waals surface area contributed by atoms with Crippen molar-refractivity contribution in [1.29, 1.82) is 0 Å². The van der Waals surface area contributed by atoms with E-state index >= 15 is 0 Å². The predicted octanol–water partition coefficient (Wildman–Crippen LogP) is 5.11. The molecule has 6 rings (SSSR count). The number of hydrogen-bond acceptors (Lipinski definition) is 7. The van der Waals surface area contributed by atoms with Crippen molar-refractivity contribution in [2.24, 2.45) is 4.99 Å². The minimum Gasteiger partial charge on any atom is -0.490 e. The number of likely N-dealkylation sites (N-methyl/N-ethyl adjacent to an activating group) is 1. The van der Waals surface area contributed by atoms with Crippen molar-refractivity contribution in [2.75, 3.05) is 77.6 Å². The van der Waals surface area contributed by atoms with E-state index in [-0.39, 0.29) is 11.2 Å². The Morgan fingerprint density at radius 1 is 1.09 bits per heavy atom. The molecular formula is C35H47N5O3. The van der Waals surface area contributed by atoms with Crippen LogP contribution in [0.3, 0.4) is 0 Å². The van der Waals surface area contributed by atoms with Gasteiger partial charge in [-0.25, -0.2) is 0 Å². The summed E-state index contributed by atoms with van der Waals surface area (Å²) in [5.41, 5.74) is 6.30. The first-order valence-electron chi connectivity index (χ1n) is 16.1. The number of nitrogens with one attached hydrogen (secondary N) is 1. The van der Waals surface area contributed by atoms with Gasteiger partial charge in [-0.15, -0.1) is 0 Å². The third-order valence-electron chi connectivity index (χ3n) is 9.90. The number of benzene rings is 2. The molecule has 1 aromatic heterocycles. The molecular weight excluding hydrogens is 538 g/mol. The number of morpholine rings is 1. The Bertz CT molecular complexity index is 1490. The lowest BCUT2D eigenvalue weighted by Crippen LogP contribution is -2.49. The number of piperidine rings is 1. The SMILES string of the molecule is CCN(CC)CCOc1cc2c(cc1N1CCC(N3CCOCC3)CC1)C(C)(C)c1[nH]c3cc(C=NC)ccc3c1C2=O. The molecule has 43 heavy (non-hydrogen) atoms. The molecule has 3 heterocycles. The summed E-state index contributed by atoms with van der Waals surface area (Å²) >= 11 is 0. The number of nitrogens with zero attached hydrogens (tertiary/aromatic N) is 4. The van der Waals surface area contributed by atoms with E-state index in [4.69, 9.17) is 9.47 Å². The van der Waals surface area contributed by atoms with Crippen molar-refractivity contribution < 1.29 is 14.3 Å². The lowest BCUT2D eigenvalue weighted by atomic mass is 9.71. The fraction of sp³-hybridized carbons (Fsp3) is 0.543. The number of fused-ring (bicyclic) bond motifs is 4. The van der Waals surface area contributed by atoms with Crippen LogP contribution in [0.4, 0.5) is 5.69 Å². The van der Waals surface area contributed by atoms with E-state index in [0.717, 1.165) is 122 Å². The molecule has 3 aromatic rings. The van der Waals surface area contributed by atoms with Gasteiger partial charge in [-0.1, -0.05) is 39.8 Å². The Morgan fingerprint density at radius 2 is 1.84 bits per heavy atom. The molecule has 2 saturated heterocycles. The highest BCUT2D eigenvalue weighted by atomic mass is 16.5. The van der Waals surface area contributed by atoms with Gasteiger partial charge in [0.1, 0.15) is 12.4 Å². The Balaban J connectivity index is 1.36. The van der Waals surface area contributed by atoms with Gasteiger partial charge in [0.2, 0.25) is 0 Å². The van der Waals surface area contributed by atoms with E-state index in [1.807, 2.05) is 18.3 Å². The lowest BCUT2D eigenvalue weighted by Gasteiger charge is -2.42. The average molecular weight is 586 g/mol. The summed E-state index contributed by atoms with van der Waals surface area (Å²) in [4.78, 5) is 29.6. The minimum absolute atomic E-state index is 0.0682. The van der Waals surface area contributed by atoms with Gasteiger partial charge in [0, 0.05) is 79.6 Å². The van der Waals surface area contributed by atoms with E-state index in [2.05, 4.69) is 70.6 Å². The molecule has 3 aliphatic rings. The maximum absolute atomic E-state index is 14.3. The van der Waals surface area contributed by atoms with Crippen molar-refractivity contribution in [3.05, 3.63) is 58.3 Å². The third kappa shape index (κ3) is 5.61. The van der Waals surface area contributed by atoms with Crippen LogP contribution in [0.15, 0.2) is 35.3 Å². The van der Waals surface area contributed by atoms with Crippen LogP contribution in [0, 0.1) is 0 Å². The molecule has 230 valence electrons. The molecule has 0 atom stereocenters. The van der Waals surface area contributed by atoms with Crippen LogP contribution < -0.4 is 9.64 Å². The summed E-state index contributed by atoms with van der Waals surface area (Å²) in [5.74, 6) is 0.892. The van der Waals surface area contributed by atoms with Gasteiger partial charge in [0.15, 0.2) is 5.78 Å². The van der Waals surface area contributed by atoms with Gasteiger partial charge in [-0.2, -0.15) is 0 Å². The second-order valence-electron chi connectivity index (χ2n) is 12.6. The van der Waals surface area contributed by atoms with E-state index in [1.165, 1.54) is 0 Å². The monoisotopic (exact) mass is 585 g/mol. The van der Waals surface area contributed by atoms with Crippen LogP contribution >= 0.6 is 0 Å². The smallest absolute Gasteiger partial charge is 0.195 e. The largest absolute Gasteiger partial charge is 0.490 e. The number of ketones is 1. The van der Waals surface area contributed by atoms with E-state index in [1.54, 1.807) is 7.05 Å². The van der Waals surface area contributed by atoms with Crippen molar-refractivity contribution in [2.45, 2.75) is 52.0 Å². The van der Waals surface area contributed by atoms with Crippen LogP contribution in [0.1, 0.15) is 73.3 Å². The molecule has 1 aliphatic carbocycles. The number of rotatable bonds is 9. The molecule has 0 radical (unpaired) electrons. The molecule has 8 heteroatoms. The van der Waals surface area contributed by atoms with Gasteiger partial charge in [0.05, 0.1) is 24.5 Å². The van der Waals surface area contributed by atoms with Gasteiger partial charge in [-0.3, -0.25) is 14.7 Å². The molecule has 0 unspecified atom stereocenters. The quantitative estimate of drug-likeness (QED) is 0.352. The highest BCUT2D eigenvalue weighted by Crippen LogP contribution is 2.47. The van der Waals surface area contributed by atoms with Crippen LogP contribution in [-0.2, 0) is 10.2 Å². The first kappa shape index (κ1) is 29.9. The maximum Gasteiger partial charge on any atom is 0.195 e. The lowest BCUT2D eigenvalue weighted by molar-refractivity contribution is 0.0115. The standard InChI is InChI=1S/C35H47N5O3/c1-6-38(7-2)14-19-43-31-21-27-28(22-30(31)40-12-10-25(11-13-40)39-15-17-42-18-16-39)35(3,4)34-32(33(27)41)26-9-8-24(23-36-5)20-29(26)37-34/h8-9,20-23,25,37H,6-7,10-19H2,1-5H3. The number of hydrogen-bond donors (Lipinski definition) is 1. The number of ether oxygens (including phenoxy) is 2. The first-order chi connectivity index (χ1) is 20.8. The highest BCUT2D eigenvalue weighted by Gasteiger charge is 2.41. The summed E-state index contributed by atoms with van der Waals surface area (Å²) in [7, 11) is 1.78. The summed E-state index contributed by atoms with van der Waals surface area (Å²) in [6.45, 7) is 17.9. The molecule has 2 aliphatic heterocycles. The second-order valence-corrected chi connectivity index (χ2v) is 12.6. The summed E-state index contributed by atoms with van der Waals surface area (Å²) < 4.78 is 12.2. The number of H-pyrrole nitrogens is 1. The van der Waals surface area contributed by atoms with Crippen LogP contribution in [-0.4, -0.2) is 106 Å². The summed E-state index contributed by atoms with van der Waals surface area (Å²) in [6, 6.07) is 11.1. The second kappa shape index (κ2) is 12.4. The van der Waals surface area contributed by atoms with Gasteiger partial charge >= 0.3 is 0 Å². The van der Waals surface area contributed by atoms with Crippen LogP contribution in [0.5, 0.6) is 5.75 Å². The third-order valence-corrected chi connectivity index (χ3v) is 9.90. The fourth-order valence-corrected chi connectivity index (χ4v) is 7.29. The molecule has 0 saturated carbocycles. The van der Waals surface area contributed by atoms with Crippen molar-refractivity contribution in [1.82, 2.24) is 14.8 Å². The maximum atomic E-state index is 14.3. The Hall–Kier alpha value is -3.20. The number of aliphatic imine (C=N–C) groups is 1. The number of aromatic amines is 1. The minimum atomic E-state index is -0.378. The first-order valence-corrected chi connectivity index (χ1v) is 16.1. The topological polar surface area (TPSA) is 73.4 Å². The molecule has 2 fully saturated rings. The fourth-order valence-electron chi connectivity index (χ4n) is 7.29. The van der Waals surface area contributed by atoms with Crippen molar-refractivity contribution in [3.63, 3.8) is 0 Å². The summed E-state index contributed by atoms with van der Waals surface area (Å²) in [5, 5.41) is 0.963. The van der Waals surface area contributed by atoms with E-state index < -0.39 is 0 Å². The van der Waals surface area contributed by atoms with E-state index in [0.29, 0.717) is 12.6 Å². The average Bonchev–Trinajstić information content (AvgIpc) is 3.43. The van der Waals surface area contributed by atoms with Gasteiger partial charge < -0.3 is 24.3 Å². The summed E-state index contributed by atoms with van der Waals surface area (Å²) in [6.07, 6.45) is 4.08. The van der Waals surface area contributed by atoms with Crippen LogP contribution in [0.25, 0.3) is 10.9 Å². The molecule has 1 N–H and O–H groups in total. The predicted molar refractivity (Wildman–Crippen MR) is 175 cm³/mol. The van der Waals surface area contributed by atoms with Gasteiger partial charge in [0.25, 0.3) is 0 Å². The van der Waals surface area contributed by atoms with Gasteiger partial charge in [-0.05, 0) is 55.3 Å². The molecule has 8 nitrogen and oxygen atoms in total. The number of carbonyl (C=O) groups excluding carboxylic acids is 1. The zero-order valence-corrected chi connectivity index (χ0v) is 26.5. The number of aromatic nitrogens is 1. The zero-order valence-electron chi connectivity index (χ0n) is 26.5. The number of carbonyl (C=O) groups is 1. The molecule has 0 spiro atoms. The Morgan fingerprint density at radius 3 is 2.53 bits per heavy atom. The Labute approximate surface area is 256 Å². The number of anilines is 1. The highest BCUT2D eigenvalue weighted by molar-refractivity contribution is 6.20. The molecule has 0 bridgehead atoms. The normalized spacial score (nSPS) is 19.4. The van der Waals surface area contributed by atoms with Crippen molar-refractivity contribution in [3.8, 4) is 5.75 Å².